The van der Waals surface area contributed by atoms with Crippen molar-refractivity contribution in [1.82, 2.24) is 15.3 Å². The number of aromatic nitrogens is 2. The topological polar surface area (TPSA) is 73.3 Å². The summed E-state index contributed by atoms with van der Waals surface area (Å²) in [7, 11) is 0. The summed E-state index contributed by atoms with van der Waals surface area (Å²) in [5.41, 5.74) is 0.872. The van der Waals surface area contributed by atoms with Crippen LogP contribution in [0.25, 0.3) is 10.9 Å². The lowest BCUT2D eigenvalue weighted by Gasteiger charge is -2.26. The van der Waals surface area contributed by atoms with Crippen LogP contribution in [0.15, 0.2) is 59.9 Å². The molecule has 6 nitrogen and oxygen atoms in total. The smallest absolute Gasteiger partial charge is 0.230 e. The van der Waals surface area contributed by atoms with Gasteiger partial charge in [0.05, 0.1) is 17.8 Å². The molecule has 0 saturated carbocycles. The van der Waals surface area contributed by atoms with E-state index in [1.165, 1.54) is 18.1 Å². The van der Waals surface area contributed by atoms with E-state index in [4.69, 9.17) is 9.47 Å². The summed E-state index contributed by atoms with van der Waals surface area (Å²) < 4.78 is 11.5. The number of carbonyl (C=O) groups excluding carboxylic acids is 1. The monoisotopic (exact) mass is 367 g/mol. The highest BCUT2D eigenvalue weighted by molar-refractivity contribution is 8.00. The molecule has 1 atom stereocenters. The van der Waals surface area contributed by atoms with Crippen molar-refractivity contribution < 1.29 is 14.3 Å². The van der Waals surface area contributed by atoms with Crippen molar-refractivity contribution in [3.63, 3.8) is 0 Å². The Balaban J connectivity index is 1.30. The second kappa shape index (κ2) is 7.61. The molecule has 1 N–H and O–H groups in total. The number of nitrogens with one attached hydrogen (secondary N) is 1. The summed E-state index contributed by atoms with van der Waals surface area (Å²) in [6, 6.07) is 15.3. The fraction of sp³-hybridized carbons (Fsp3) is 0.211. The minimum Gasteiger partial charge on any atom is -0.486 e. The largest absolute Gasteiger partial charge is 0.486 e. The molecule has 0 aliphatic carbocycles. The number of hydrogen-bond acceptors (Lipinski definition) is 6. The average molecular weight is 367 g/mol. The van der Waals surface area contributed by atoms with Crippen molar-refractivity contribution in [2.24, 2.45) is 0 Å². The maximum Gasteiger partial charge on any atom is 0.230 e. The number of para-hydroxylation sites is 3. The Morgan fingerprint density at radius 3 is 2.85 bits per heavy atom. The Kier molecular flexibility index (Phi) is 4.88. The molecule has 0 bridgehead atoms. The molecular weight excluding hydrogens is 350 g/mol. The van der Waals surface area contributed by atoms with Crippen LogP contribution >= 0.6 is 11.8 Å². The zero-order valence-electron chi connectivity index (χ0n) is 13.9. The molecule has 1 aliphatic heterocycles. The first-order valence-electron chi connectivity index (χ1n) is 8.27. The molecule has 0 saturated heterocycles. The van der Waals surface area contributed by atoms with Gasteiger partial charge in [0.2, 0.25) is 5.91 Å². The van der Waals surface area contributed by atoms with Gasteiger partial charge in [-0.15, -0.1) is 0 Å². The Morgan fingerprint density at radius 1 is 1.12 bits per heavy atom. The average Bonchev–Trinajstić information content (AvgIpc) is 2.70. The highest BCUT2D eigenvalue weighted by Crippen LogP contribution is 2.30. The summed E-state index contributed by atoms with van der Waals surface area (Å²) in [4.78, 5) is 20.7. The van der Waals surface area contributed by atoms with E-state index in [1.54, 1.807) is 0 Å². The summed E-state index contributed by atoms with van der Waals surface area (Å²) in [6.07, 6.45) is 1.33. The van der Waals surface area contributed by atoms with E-state index in [2.05, 4.69) is 15.3 Å². The Bertz CT molecular complexity index is 929. The molecule has 2 aromatic carbocycles. The van der Waals surface area contributed by atoms with Crippen LogP contribution in [0.4, 0.5) is 0 Å². The van der Waals surface area contributed by atoms with Crippen molar-refractivity contribution >= 4 is 28.6 Å². The van der Waals surface area contributed by atoms with Gasteiger partial charge in [0.25, 0.3) is 0 Å². The first-order chi connectivity index (χ1) is 12.8. The lowest BCUT2D eigenvalue weighted by atomic mass is 10.2. The van der Waals surface area contributed by atoms with E-state index in [0.717, 1.165) is 21.7 Å². The highest BCUT2D eigenvalue weighted by Gasteiger charge is 2.21. The van der Waals surface area contributed by atoms with Gasteiger partial charge in [0, 0.05) is 5.39 Å². The molecule has 1 aromatic heterocycles. The molecule has 3 aromatic rings. The van der Waals surface area contributed by atoms with Crippen LogP contribution in [0.5, 0.6) is 11.5 Å². The fourth-order valence-corrected chi connectivity index (χ4v) is 3.49. The van der Waals surface area contributed by atoms with E-state index in [1.807, 2.05) is 48.5 Å². The van der Waals surface area contributed by atoms with Crippen LogP contribution in [0.3, 0.4) is 0 Å². The number of hydrogen-bond donors (Lipinski definition) is 1. The third-order valence-electron chi connectivity index (χ3n) is 3.94. The maximum absolute atomic E-state index is 12.2. The van der Waals surface area contributed by atoms with Crippen molar-refractivity contribution in [2.45, 2.75) is 11.1 Å². The molecule has 4 rings (SSSR count). The van der Waals surface area contributed by atoms with Crippen LogP contribution in [0.1, 0.15) is 0 Å². The van der Waals surface area contributed by atoms with Gasteiger partial charge in [-0.25, -0.2) is 9.97 Å². The zero-order chi connectivity index (χ0) is 17.8. The van der Waals surface area contributed by atoms with E-state index >= 15 is 0 Å². The Morgan fingerprint density at radius 2 is 1.92 bits per heavy atom. The number of thioether (sulfide) groups is 1. The molecule has 2 heterocycles. The highest BCUT2D eigenvalue weighted by atomic mass is 32.2. The molecule has 0 unspecified atom stereocenters. The van der Waals surface area contributed by atoms with Crippen LogP contribution < -0.4 is 14.8 Å². The van der Waals surface area contributed by atoms with Gasteiger partial charge in [-0.3, -0.25) is 4.79 Å². The summed E-state index contributed by atoms with van der Waals surface area (Å²) >= 11 is 1.40. The molecule has 1 amide bonds. The van der Waals surface area contributed by atoms with Crippen molar-refractivity contribution in [3.8, 4) is 11.5 Å². The van der Waals surface area contributed by atoms with Crippen LogP contribution in [-0.4, -0.2) is 40.9 Å². The number of benzene rings is 2. The van der Waals surface area contributed by atoms with E-state index in [-0.39, 0.29) is 17.8 Å². The van der Waals surface area contributed by atoms with Crippen LogP contribution in [-0.2, 0) is 4.79 Å². The standard InChI is InChI=1S/C19H17N3O3S/c23-18(11-26-19-14-5-1-2-6-15(14)21-12-22-19)20-9-13-10-24-16-7-3-4-8-17(16)25-13/h1-8,12-13H,9-11H2,(H,20,23)/t13-/m0/s1. The predicted octanol–water partition coefficient (Wildman–Crippen LogP) is 2.68. The molecule has 7 heteroatoms. The second-order valence-corrected chi connectivity index (χ2v) is 6.75. The number of fused-ring (bicyclic) bond motifs is 2. The first-order valence-corrected chi connectivity index (χ1v) is 9.26. The van der Waals surface area contributed by atoms with Gasteiger partial charge >= 0.3 is 0 Å². The minimum absolute atomic E-state index is 0.0693. The van der Waals surface area contributed by atoms with E-state index < -0.39 is 0 Å². The number of carbonyl (C=O) groups is 1. The number of rotatable bonds is 5. The van der Waals surface area contributed by atoms with Gasteiger partial charge < -0.3 is 14.8 Å². The zero-order valence-corrected chi connectivity index (χ0v) is 14.7. The molecular formula is C19H17N3O3S. The first kappa shape index (κ1) is 16.7. The molecule has 0 spiro atoms. The van der Waals surface area contributed by atoms with Crippen molar-refractivity contribution in [3.05, 3.63) is 54.9 Å². The lowest BCUT2D eigenvalue weighted by Crippen LogP contribution is -2.41. The fourth-order valence-electron chi connectivity index (χ4n) is 2.67. The SMILES string of the molecule is O=C(CSc1ncnc2ccccc12)NC[C@H]1COc2ccccc2O1. The van der Waals surface area contributed by atoms with Gasteiger partial charge in [0.15, 0.2) is 11.5 Å². The maximum atomic E-state index is 12.2. The normalized spacial score (nSPS) is 15.6. The number of amides is 1. The second-order valence-electron chi connectivity index (χ2n) is 5.79. The van der Waals surface area contributed by atoms with Crippen molar-refractivity contribution in [1.29, 1.82) is 0 Å². The number of nitrogens with zero attached hydrogens (tertiary/aromatic N) is 2. The van der Waals surface area contributed by atoms with Gasteiger partial charge in [-0.1, -0.05) is 42.1 Å². The summed E-state index contributed by atoms with van der Waals surface area (Å²) in [5, 5.41) is 4.65. The van der Waals surface area contributed by atoms with E-state index in [0.29, 0.717) is 18.9 Å². The third kappa shape index (κ3) is 3.72. The van der Waals surface area contributed by atoms with E-state index in [9.17, 15) is 4.79 Å². The number of ether oxygens (including phenoxy) is 2. The molecule has 1 aliphatic rings. The van der Waals surface area contributed by atoms with Gasteiger partial charge in [-0.2, -0.15) is 0 Å². The van der Waals surface area contributed by atoms with Crippen LogP contribution in [0.2, 0.25) is 0 Å². The lowest BCUT2D eigenvalue weighted by molar-refractivity contribution is -0.119. The molecule has 0 fully saturated rings. The molecule has 26 heavy (non-hydrogen) atoms. The van der Waals surface area contributed by atoms with Gasteiger partial charge in [0.1, 0.15) is 24.1 Å². The van der Waals surface area contributed by atoms with Crippen molar-refractivity contribution in [2.75, 3.05) is 18.9 Å². The predicted molar refractivity (Wildman–Crippen MR) is 99.6 cm³/mol. The van der Waals surface area contributed by atoms with Crippen LogP contribution in [0, 0.1) is 0 Å². The minimum atomic E-state index is -0.196. The summed E-state index contributed by atoms with van der Waals surface area (Å²) in [6.45, 7) is 0.819. The summed E-state index contributed by atoms with van der Waals surface area (Å²) in [5.74, 6) is 1.66. The quantitative estimate of drug-likeness (QED) is 0.552. The third-order valence-corrected chi connectivity index (χ3v) is 4.95. The Labute approximate surface area is 154 Å². The van der Waals surface area contributed by atoms with Gasteiger partial charge in [-0.05, 0) is 18.2 Å². The molecule has 0 radical (unpaired) electrons. The Hall–Kier alpha value is -2.80. The molecule has 132 valence electrons.